The van der Waals surface area contributed by atoms with Crippen LogP contribution in [0.1, 0.15) is 48.4 Å². The van der Waals surface area contributed by atoms with Gasteiger partial charge in [-0.1, -0.05) is 60.2 Å². The Morgan fingerprint density at radius 3 is 2.35 bits per heavy atom. The molecule has 1 fully saturated rings. The van der Waals surface area contributed by atoms with Crippen LogP contribution >= 0.6 is 0 Å². The lowest BCUT2D eigenvalue weighted by Crippen LogP contribution is -2.88. The molecular formula is C22H26N3O+. The number of carbonyl (C=O) groups excluding carboxylic acids is 1. The third kappa shape index (κ3) is 4.30. The standard InChI is InChI=1S/C22H25N3O/c1-17-9-11-19(12-10-17)21(18-7-3-2-4-8-18)24-15-20(26)25-22(16-23)13-5-6-14-22/h2-4,7-12,21,24H,5-6,13-15H2,1H3,(H,25,26)/p+1/t21-/m1/s1. The fourth-order valence-corrected chi connectivity index (χ4v) is 3.68. The van der Waals surface area contributed by atoms with Crippen LogP contribution in [-0.4, -0.2) is 18.0 Å². The number of quaternary nitrogens is 1. The second-order valence-corrected chi connectivity index (χ2v) is 7.19. The van der Waals surface area contributed by atoms with E-state index in [-0.39, 0.29) is 11.9 Å². The monoisotopic (exact) mass is 348 g/mol. The Morgan fingerprint density at radius 2 is 1.73 bits per heavy atom. The zero-order chi connectivity index (χ0) is 18.4. The Morgan fingerprint density at radius 1 is 1.12 bits per heavy atom. The molecule has 0 spiro atoms. The molecular weight excluding hydrogens is 322 g/mol. The number of carbonyl (C=O) groups is 1. The predicted octanol–water partition coefficient (Wildman–Crippen LogP) is 2.60. The van der Waals surface area contributed by atoms with Gasteiger partial charge in [-0.3, -0.25) is 4.79 Å². The number of rotatable bonds is 6. The zero-order valence-corrected chi connectivity index (χ0v) is 15.2. The molecule has 134 valence electrons. The van der Waals surface area contributed by atoms with Crippen molar-refractivity contribution in [1.82, 2.24) is 5.32 Å². The largest absolute Gasteiger partial charge is 0.333 e. The molecule has 1 aliphatic rings. The summed E-state index contributed by atoms with van der Waals surface area (Å²) in [4.78, 5) is 12.5. The van der Waals surface area contributed by atoms with Crippen molar-refractivity contribution in [2.45, 2.75) is 44.2 Å². The first kappa shape index (κ1) is 18.2. The van der Waals surface area contributed by atoms with Crippen molar-refractivity contribution < 1.29 is 10.1 Å². The van der Waals surface area contributed by atoms with Crippen LogP contribution in [0.25, 0.3) is 0 Å². The third-order valence-electron chi connectivity index (χ3n) is 5.18. The quantitative estimate of drug-likeness (QED) is 0.842. The van der Waals surface area contributed by atoms with Crippen LogP contribution in [0.5, 0.6) is 0 Å². The molecule has 1 aliphatic carbocycles. The van der Waals surface area contributed by atoms with Crippen molar-refractivity contribution in [1.29, 1.82) is 5.26 Å². The highest BCUT2D eigenvalue weighted by molar-refractivity contribution is 5.78. The number of aryl methyl sites for hydroxylation is 1. The summed E-state index contributed by atoms with van der Waals surface area (Å²) in [6.45, 7) is 2.37. The van der Waals surface area contributed by atoms with Crippen LogP contribution in [0.4, 0.5) is 0 Å². The van der Waals surface area contributed by atoms with E-state index in [2.05, 4.69) is 60.0 Å². The van der Waals surface area contributed by atoms with E-state index < -0.39 is 5.54 Å². The van der Waals surface area contributed by atoms with E-state index >= 15 is 0 Å². The molecule has 4 heteroatoms. The first-order valence-electron chi connectivity index (χ1n) is 9.29. The number of benzene rings is 2. The van der Waals surface area contributed by atoms with Gasteiger partial charge in [0.1, 0.15) is 11.6 Å². The van der Waals surface area contributed by atoms with Gasteiger partial charge in [0.05, 0.1) is 6.07 Å². The van der Waals surface area contributed by atoms with Gasteiger partial charge in [0.15, 0.2) is 6.54 Å². The summed E-state index contributed by atoms with van der Waals surface area (Å²) >= 11 is 0. The van der Waals surface area contributed by atoms with E-state index in [0.717, 1.165) is 25.7 Å². The van der Waals surface area contributed by atoms with Crippen molar-refractivity contribution in [3.63, 3.8) is 0 Å². The van der Waals surface area contributed by atoms with Crippen molar-refractivity contribution in [3.05, 3.63) is 71.3 Å². The van der Waals surface area contributed by atoms with Gasteiger partial charge in [0, 0.05) is 11.1 Å². The number of hydrogen-bond donors (Lipinski definition) is 2. The summed E-state index contributed by atoms with van der Waals surface area (Å²) in [7, 11) is 0. The number of nitrogens with two attached hydrogens (primary N) is 1. The predicted molar refractivity (Wildman–Crippen MR) is 101 cm³/mol. The van der Waals surface area contributed by atoms with E-state index in [1.54, 1.807) is 0 Å². The van der Waals surface area contributed by atoms with Crippen LogP contribution in [0.15, 0.2) is 54.6 Å². The van der Waals surface area contributed by atoms with Crippen molar-refractivity contribution in [3.8, 4) is 6.07 Å². The van der Waals surface area contributed by atoms with Crippen LogP contribution < -0.4 is 10.6 Å². The highest BCUT2D eigenvalue weighted by Crippen LogP contribution is 2.28. The molecule has 0 saturated heterocycles. The number of nitriles is 1. The fraction of sp³-hybridized carbons (Fsp3) is 0.364. The Bertz CT molecular complexity index is 771. The minimum absolute atomic E-state index is 0.0594. The van der Waals surface area contributed by atoms with Crippen LogP contribution in [0.2, 0.25) is 0 Å². The van der Waals surface area contributed by atoms with Gasteiger partial charge in [0.25, 0.3) is 5.91 Å². The average molecular weight is 348 g/mol. The molecule has 0 unspecified atom stereocenters. The SMILES string of the molecule is Cc1ccc([C@H]([NH2+]CC(=O)NC2(C#N)CCCC2)c2ccccc2)cc1. The van der Waals surface area contributed by atoms with E-state index in [1.165, 1.54) is 16.7 Å². The highest BCUT2D eigenvalue weighted by Gasteiger charge is 2.35. The third-order valence-corrected chi connectivity index (χ3v) is 5.18. The topological polar surface area (TPSA) is 69.5 Å². The second kappa shape index (κ2) is 8.16. The first-order valence-corrected chi connectivity index (χ1v) is 9.29. The Balaban J connectivity index is 1.71. The maximum absolute atomic E-state index is 12.5. The van der Waals surface area contributed by atoms with Gasteiger partial charge in [-0.2, -0.15) is 5.26 Å². The van der Waals surface area contributed by atoms with E-state index in [1.807, 2.05) is 18.2 Å². The summed E-state index contributed by atoms with van der Waals surface area (Å²) < 4.78 is 0. The van der Waals surface area contributed by atoms with Gasteiger partial charge < -0.3 is 10.6 Å². The summed E-state index contributed by atoms with van der Waals surface area (Å²) in [6, 6.07) is 21.0. The van der Waals surface area contributed by atoms with E-state index in [9.17, 15) is 10.1 Å². The summed E-state index contributed by atoms with van der Waals surface area (Å²) in [5.41, 5.74) is 2.90. The molecule has 1 saturated carbocycles. The molecule has 0 aliphatic heterocycles. The van der Waals surface area contributed by atoms with Gasteiger partial charge in [-0.25, -0.2) is 0 Å². The van der Waals surface area contributed by atoms with Crippen molar-refractivity contribution in [2.24, 2.45) is 0 Å². The number of amides is 1. The number of nitrogens with zero attached hydrogens (tertiary/aromatic N) is 1. The summed E-state index contributed by atoms with van der Waals surface area (Å²) in [5, 5.41) is 14.5. The molecule has 3 rings (SSSR count). The molecule has 26 heavy (non-hydrogen) atoms. The maximum atomic E-state index is 12.5. The van der Waals surface area contributed by atoms with Gasteiger partial charge in [0.2, 0.25) is 0 Å². The zero-order valence-electron chi connectivity index (χ0n) is 15.2. The van der Waals surface area contributed by atoms with Crippen molar-refractivity contribution >= 4 is 5.91 Å². The molecule has 4 nitrogen and oxygen atoms in total. The lowest BCUT2D eigenvalue weighted by Gasteiger charge is -2.22. The Kier molecular flexibility index (Phi) is 5.70. The maximum Gasteiger partial charge on any atom is 0.276 e. The molecule has 0 aromatic heterocycles. The lowest BCUT2D eigenvalue weighted by molar-refractivity contribution is -0.676. The van der Waals surface area contributed by atoms with Crippen molar-refractivity contribution in [2.75, 3.05) is 6.54 Å². The lowest BCUT2D eigenvalue weighted by atomic mass is 9.97. The molecule has 1 amide bonds. The normalized spacial score (nSPS) is 16.6. The highest BCUT2D eigenvalue weighted by atomic mass is 16.2. The van der Waals surface area contributed by atoms with Gasteiger partial charge >= 0.3 is 0 Å². The number of nitrogens with one attached hydrogen (secondary N) is 1. The summed E-state index contributed by atoms with van der Waals surface area (Å²) in [6.07, 6.45) is 3.53. The molecule has 1 atom stereocenters. The molecule has 2 aromatic carbocycles. The van der Waals surface area contributed by atoms with E-state index in [4.69, 9.17) is 0 Å². The van der Waals surface area contributed by atoms with Gasteiger partial charge in [-0.15, -0.1) is 0 Å². The molecule has 2 aromatic rings. The fourth-order valence-electron chi connectivity index (χ4n) is 3.68. The van der Waals surface area contributed by atoms with Crippen LogP contribution in [-0.2, 0) is 4.79 Å². The first-order chi connectivity index (χ1) is 12.6. The second-order valence-electron chi connectivity index (χ2n) is 7.19. The molecule has 0 bridgehead atoms. The number of hydrogen-bond acceptors (Lipinski definition) is 2. The average Bonchev–Trinajstić information content (AvgIpc) is 3.13. The minimum Gasteiger partial charge on any atom is -0.333 e. The van der Waals surface area contributed by atoms with Crippen LogP contribution in [0, 0.1) is 18.3 Å². The van der Waals surface area contributed by atoms with Crippen LogP contribution in [0.3, 0.4) is 0 Å². The van der Waals surface area contributed by atoms with E-state index in [0.29, 0.717) is 6.54 Å². The van der Waals surface area contributed by atoms with Gasteiger partial charge in [-0.05, 0) is 32.6 Å². The molecule has 0 radical (unpaired) electrons. The summed E-state index contributed by atoms with van der Waals surface area (Å²) in [5.74, 6) is -0.0681. The Labute approximate surface area is 155 Å². The molecule has 0 heterocycles. The Hall–Kier alpha value is -2.64. The minimum atomic E-state index is -0.656. The smallest absolute Gasteiger partial charge is 0.276 e. The molecule has 3 N–H and O–H groups in total.